The molecule has 14 heavy (non-hydrogen) atoms. The van der Waals surface area contributed by atoms with Crippen LogP contribution in [0.1, 0.15) is 16.1 Å². The summed E-state index contributed by atoms with van der Waals surface area (Å²) < 4.78 is 0.816. The van der Waals surface area contributed by atoms with Crippen LogP contribution in [0.3, 0.4) is 0 Å². The Bertz CT molecular complexity index is 369. The zero-order chi connectivity index (χ0) is 10.6. The summed E-state index contributed by atoms with van der Waals surface area (Å²) >= 11 is 4.70. The van der Waals surface area contributed by atoms with E-state index >= 15 is 0 Å². The molecule has 5 heteroatoms. The second-order valence-corrected chi connectivity index (χ2v) is 4.50. The first kappa shape index (κ1) is 11.2. The van der Waals surface area contributed by atoms with Gasteiger partial charge in [-0.1, -0.05) is 0 Å². The molecule has 74 valence electrons. The van der Waals surface area contributed by atoms with Crippen LogP contribution in [-0.4, -0.2) is 24.4 Å². The number of carbonyl (C=O) groups is 1. The predicted octanol–water partition coefficient (Wildman–Crippen LogP) is 2.50. The number of halogens is 1. The number of nitriles is 1. The van der Waals surface area contributed by atoms with E-state index in [0.717, 1.165) is 4.47 Å². The van der Waals surface area contributed by atoms with E-state index in [4.69, 9.17) is 5.26 Å². The number of amides is 1. The molecule has 1 aromatic rings. The number of hydrogen-bond acceptors (Lipinski definition) is 3. The first-order valence-electron chi connectivity index (χ1n) is 4.02. The molecule has 0 fully saturated rings. The average molecular weight is 273 g/mol. The summed E-state index contributed by atoms with van der Waals surface area (Å²) in [5.41, 5.74) is 0. The molecule has 0 saturated carbocycles. The Morgan fingerprint density at radius 2 is 2.50 bits per heavy atom. The molecule has 0 aliphatic rings. The predicted molar refractivity (Wildman–Crippen MR) is 59.2 cm³/mol. The Balaban J connectivity index is 2.67. The molecule has 1 heterocycles. The number of hydrogen-bond donors (Lipinski definition) is 0. The first-order chi connectivity index (χ1) is 6.66. The molecule has 0 radical (unpaired) electrons. The van der Waals surface area contributed by atoms with E-state index in [1.54, 1.807) is 11.9 Å². The molecule has 1 aromatic heterocycles. The van der Waals surface area contributed by atoms with Crippen molar-refractivity contribution in [2.75, 3.05) is 13.6 Å². The smallest absolute Gasteiger partial charge is 0.264 e. The van der Waals surface area contributed by atoms with Crippen molar-refractivity contribution in [2.45, 2.75) is 6.42 Å². The highest BCUT2D eigenvalue weighted by Gasteiger charge is 2.15. The Morgan fingerprint density at radius 1 is 1.79 bits per heavy atom. The molecule has 0 aromatic carbocycles. The van der Waals surface area contributed by atoms with Gasteiger partial charge in [0.05, 0.1) is 12.5 Å². The fourth-order valence-corrected chi connectivity index (χ4v) is 2.47. The molecular weight excluding hydrogens is 264 g/mol. The van der Waals surface area contributed by atoms with Crippen LogP contribution in [0.2, 0.25) is 0 Å². The van der Waals surface area contributed by atoms with E-state index in [9.17, 15) is 4.79 Å². The summed E-state index contributed by atoms with van der Waals surface area (Å²) in [4.78, 5) is 14.0. The lowest BCUT2D eigenvalue weighted by atomic mass is 10.3. The molecule has 0 aliphatic heterocycles. The summed E-state index contributed by atoms with van der Waals surface area (Å²) in [6.07, 6.45) is 0.366. The fourth-order valence-electron chi connectivity index (χ4n) is 0.939. The summed E-state index contributed by atoms with van der Waals surface area (Å²) in [7, 11) is 1.70. The maximum Gasteiger partial charge on any atom is 0.264 e. The van der Waals surface area contributed by atoms with Gasteiger partial charge in [0.15, 0.2) is 0 Å². The summed E-state index contributed by atoms with van der Waals surface area (Å²) in [6, 6.07) is 3.85. The highest BCUT2D eigenvalue weighted by molar-refractivity contribution is 9.10. The second-order valence-electron chi connectivity index (χ2n) is 2.73. The molecule has 1 rings (SSSR count). The van der Waals surface area contributed by atoms with Gasteiger partial charge in [-0.2, -0.15) is 5.26 Å². The lowest BCUT2D eigenvalue weighted by Crippen LogP contribution is -2.27. The van der Waals surface area contributed by atoms with Crippen LogP contribution in [0, 0.1) is 11.3 Å². The fraction of sp³-hybridized carbons (Fsp3) is 0.333. The van der Waals surface area contributed by atoms with E-state index in [2.05, 4.69) is 15.9 Å². The third kappa shape index (κ3) is 2.56. The van der Waals surface area contributed by atoms with E-state index < -0.39 is 0 Å². The Morgan fingerprint density at radius 3 is 3.00 bits per heavy atom. The Hall–Kier alpha value is -0.860. The highest BCUT2D eigenvalue weighted by Crippen LogP contribution is 2.23. The third-order valence-corrected chi connectivity index (χ3v) is 3.54. The second kappa shape index (κ2) is 5.13. The number of nitrogens with zero attached hydrogens (tertiary/aromatic N) is 2. The van der Waals surface area contributed by atoms with Gasteiger partial charge in [0, 0.05) is 18.1 Å². The van der Waals surface area contributed by atoms with Crippen molar-refractivity contribution >= 4 is 33.2 Å². The van der Waals surface area contributed by atoms with Gasteiger partial charge in [0.25, 0.3) is 5.91 Å². The molecule has 0 spiro atoms. The molecule has 0 bridgehead atoms. The monoisotopic (exact) mass is 272 g/mol. The molecule has 0 N–H and O–H groups in total. The van der Waals surface area contributed by atoms with Crippen LogP contribution in [0.4, 0.5) is 0 Å². The van der Waals surface area contributed by atoms with Crippen molar-refractivity contribution < 1.29 is 4.79 Å². The number of thiophene rings is 1. The van der Waals surface area contributed by atoms with E-state index in [1.165, 1.54) is 11.3 Å². The van der Waals surface area contributed by atoms with Crippen molar-refractivity contribution in [3.63, 3.8) is 0 Å². The summed E-state index contributed by atoms with van der Waals surface area (Å²) in [6.45, 7) is 0.472. The largest absolute Gasteiger partial charge is 0.340 e. The van der Waals surface area contributed by atoms with E-state index in [1.807, 2.05) is 17.5 Å². The van der Waals surface area contributed by atoms with Crippen LogP contribution < -0.4 is 0 Å². The van der Waals surface area contributed by atoms with Crippen LogP contribution in [-0.2, 0) is 0 Å². The molecule has 0 atom stereocenters. The summed E-state index contributed by atoms with van der Waals surface area (Å²) in [5, 5.41) is 10.2. The van der Waals surface area contributed by atoms with Gasteiger partial charge in [-0.15, -0.1) is 11.3 Å². The van der Waals surface area contributed by atoms with Gasteiger partial charge in [-0.25, -0.2) is 0 Å². The SMILES string of the molecule is CN(CCC#N)C(=O)c1sccc1Br. The first-order valence-corrected chi connectivity index (χ1v) is 5.69. The van der Waals surface area contributed by atoms with Crippen LogP contribution in [0.15, 0.2) is 15.9 Å². The summed E-state index contributed by atoms with van der Waals surface area (Å²) in [5.74, 6) is -0.0397. The highest BCUT2D eigenvalue weighted by atomic mass is 79.9. The zero-order valence-electron chi connectivity index (χ0n) is 7.66. The molecule has 0 saturated heterocycles. The van der Waals surface area contributed by atoms with Crippen molar-refractivity contribution in [3.05, 3.63) is 20.8 Å². The van der Waals surface area contributed by atoms with Gasteiger partial charge in [-0.05, 0) is 27.4 Å². The van der Waals surface area contributed by atoms with Crippen molar-refractivity contribution in [2.24, 2.45) is 0 Å². The van der Waals surface area contributed by atoms with Crippen molar-refractivity contribution in [1.29, 1.82) is 5.26 Å². The molecule has 3 nitrogen and oxygen atoms in total. The molecule has 0 unspecified atom stereocenters. The molecule has 1 amide bonds. The molecule has 0 aliphatic carbocycles. The molecular formula is C9H9BrN2OS. The van der Waals surface area contributed by atoms with Crippen molar-refractivity contribution in [1.82, 2.24) is 4.90 Å². The maximum atomic E-state index is 11.7. The maximum absolute atomic E-state index is 11.7. The van der Waals surface area contributed by atoms with Gasteiger partial charge >= 0.3 is 0 Å². The lowest BCUT2D eigenvalue weighted by molar-refractivity contribution is 0.0802. The average Bonchev–Trinajstić information content (AvgIpc) is 2.59. The number of carbonyl (C=O) groups excluding carboxylic acids is 1. The normalized spacial score (nSPS) is 9.50. The Labute approximate surface area is 95.1 Å². The van der Waals surface area contributed by atoms with E-state index in [-0.39, 0.29) is 5.91 Å². The van der Waals surface area contributed by atoms with Gasteiger partial charge in [-0.3, -0.25) is 4.79 Å². The van der Waals surface area contributed by atoms with Crippen LogP contribution >= 0.6 is 27.3 Å². The topological polar surface area (TPSA) is 44.1 Å². The Kier molecular flexibility index (Phi) is 4.11. The van der Waals surface area contributed by atoms with Gasteiger partial charge in [0.2, 0.25) is 0 Å². The lowest BCUT2D eigenvalue weighted by Gasteiger charge is -2.14. The van der Waals surface area contributed by atoms with Crippen molar-refractivity contribution in [3.8, 4) is 6.07 Å². The standard InChI is InChI=1S/C9H9BrN2OS/c1-12(5-2-4-11)9(13)8-7(10)3-6-14-8/h3,6H,2,5H2,1H3. The number of rotatable bonds is 3. The van der Waals surface area contributed by atoms with Gasteiger partial charge < -0.3 is 4.90 Å². The minimum atomic E-state index is -0.0397. The quantitative estimate of drug-likeness (QED) is 0.849. The minimum absolute atomic E-state index is 0.0397. The zero-order valence-corrected chi connectivity index (χ0v) is 10.1. The van der Waals surface area contributed by atoms with E-state index in [0.29, 0.717) is 17.8 Å². The van der Waals surface area contributed by atoms with Gasteiger partial charge in [0.1, 0.15) is 4.88 Å². The van der Waals surface area contributed by atoms with Crippen LogP contribution in [0.5, 0.6) is 0 Å². The minimum Gasteiger partial charge on any atom is -0.340 e. The third-order valence-electron chi connectivity index (χ3n) is 1.72. The van der Waals surface area contributed by atoms with Crippen LogP contribution in [0.25, 0.3) is 0 Å².